The van der Waals surface area contributed by atoms with E-state index in [2.05, 4.69) is 10.3 Å². The van der Waals surface area contributed by atoms with Crippen molar-refractivity contribution in [1.82, 2.24) is 10.3 Å². The predicted octanol–water partition coefficient (Wildman–Crippen LogP) is 3.63. The fraction of sp³-hybridized carbons (Fsp3) is 0.435. The molecule has 1 aliphatic carbocycles. The maximum atomic E-state index is 13.1. The number of ether oxygens (including phenoxy) is 1. The zero-order valence-electron chi connectivity index (χ0n) is 18.0. The van der Waals surface area contributed by atoms with Crippen molar-refractivity contribution in [1.29, 1.82) is 5.41 Å². The summed E-state index contributed by atoms with van der Waals surface area (Å²) in [6.07, 6.45) is 6.59. The van der Waals surface area contributed by atoms with Gasteiger partial charge in [-0.05, 0) is 44.0 Å². The molecular formula is C23H31N5O2. The van der Waals surface area contributed by atoms with Crippen LogP contribution >= 0.6 is 0 Å². The van der Waals surface area contributed by atoms with Crippen LogP contribution < -0.4 is 20.7 Å². The van der Waals surface area contributed by atoms with E-state index >= 15 is 0 Å². The van der Waals surface area contributed by atoms with Gasteiger partial charge in [0, 0.05) is 37.3 Å². The first-order valence-corrected chi connectivity index (χ1v) is 10.3. The molecule has 1 saturated carbocycles. The fourth-order valence-corrected chi connectivity index (χ4v) is 3.94. The summed E-state index contributed by atoms with van der Waals surface area (Å²) in [6.45, 7) is 2.04. The number of carbonyl (C=O) groups is 1. The van der Waals surface area contributed by atoms with E-state index in [-0.39, 0.29) is 5.91 Å². The molecule has 0 unspecified atom stereocenters. The molecule has 4 N–H and O–H groups in total. The number of nitrogens with zero attached hydrogens (tertiary/aromatic N) is 2. The number of nitrogen functional groups attached to an aromatic ring is 1. The number of benzene rings is 1. The van der Waals surface area contributed by atoms with Crippen LogP contribution in [0.25, 0.3) is 0 Å². The third-order valence-electron chi connectivity index (χ3n) is 5.59. The van der Waals surface area contributed by atoms with Gasteiger partial charge < -0.3 is 26.1 Å². The number of carbonyl (C=O) groups excluding carboxylic acids is 1. The van der Waals surface area contributed by atoms with Crippen molar-refractivity contribution in [3.05, 3.63) is 47.7 Å². The van der Waals surface area contributed by atoms with Crippen LogP contribution in [0.15, 0.2) is 36.5 Å². The van der Waals surface area contributed by atoms with E-state index in [1.54, 1.807) is 31.3 Å². The zero-order chi connectivity index (χ0) is 21.7. The van der Waals surface area contributed by atoms with Gasteiger partial charge in [-0.15, -0.1) is 0 Å². The second kappa shape index (κ2) is 9.15. The normalized spacial score (nSPS) is 15.3. The fourth-order valence-electron chi connectivity index (χ4n) is 3.94. The third kappa shape index (κ3) is 4.90. The van der Waals surface area contributed by atoms with E-state index in [9.17, 15) is 4.79 Å². The molecule has 1 heterocycles. The number of amides is 1. The molecule has 1 aromatic carbocycles. The average molecular weight is 410 g/mol. The molecule has 1 aliphatic rings. The number of rotatable bonds is 7. The molecule has 0 bridgehead atoms. The molecule has 1 amide bonds. The van der Waals surface area contributed by atoms with E-state index in [1.807, 2.05) is 31.1 Å². The highest BCUT2D eigenvalue weighted by Crippen LogP contribution is 2.31. The van der Waals surface area contributed by atoms with Gasteiger partial charge in [-0.2, -0.15) is 0 Å². The Hall–Kier alpha value is -3.09. The highest BCUT2D eigenvalue weighted by molar-refractivity contribution is 6.03. The lowest BCUT2D eigenvalue weighted by Crippen LogP contribution is -2.54. The van der Waals surface area contributed by atoms with Crippen LogP contribution in [0.1, 0.15) is 54.9 Å². The molecule has 30 heavy (non-hydrogen) atoms. The summed E-state index contributed by atoms with van der Waals surface area (Å²) in [5.41, 5.74) is 7.68. The van der Waals surface area contributed by atoms with Crippen molar-refractivity contribution in [3.8, 4) is 5.75 Å². The Balaban J connectivity index is 1.80. The van der Waals surface area contributed by atoms with Gasteiger partial charge in [-0.3, -0.25) is 4.79 Å². The lowest BCUT2D eigenvalue weighted by atomic mass is 9.82. The summed E-state index contributed by atoms with van der Waals surface area (Å²) < 4.78 is 6.16. The summed E-state index contributed by atoms with van der Waals surface area (Å²) >= 11 is 0. The topological polar surface area (TPSA) is 104 Å². The zero-order valence-corrected chi connectivity index (χ0v) is 18.0. The van der Waals surface area contributed by atoms with Crippen molar-refractivity contribution < 1.29 is 9.53 Å². The summed E-state index contributed by atoms with van der Waals surface area (Å²) in [5.74, 6) is 1.20. The number of hydrogen-bond donors (Lipinski definition) is 3. The van der Waals surface area contributed by atoms with Crippen LogP contribution in [-0.4, -0.2) is 42.8 Å². The Morgan fingerprint density at radius 3 is 2.67 bits per heavy atom. The largest absolute Gasteiger partial charge is 0.490 e. The molecule has 0 spiro atoms. The van der Waals surface area contributed by atoms with Crippen LogP contribution in [0.4, 0.5) is 11.5 Å². The molecular weight excluding hydrogens is 378 g/mol. The number of aromatic nitrogens is 1. The standard InChI is InChI=1S/C23H31N5O2/c1-16(24)21-18(25)8-7-9-19(21)30-15-23(11-5-4-6-12-23)27-22(29)17-10-13-26-20(14-17)28(2)3/h7-10,13-14,24H,4-6,11-12,15,25H2,1-3H3,(H,27,29). The SMILES string of the molecule is CC(=N)c1c(N)cccc1OCC1(NC(=O)c2ccnc(N(C)C)c2)CCCCC1. The molecule has 7 heteroatoms. The summed E-state index contributed by atoms with van der Waals surface area (Å²) in [4.78, 5) is 19.2. The van der Waals surface area contributed by atoms with Crippen LogP contribution in [0.3, 0.4) is 0 Å². The molecule has 1 fully saturated rings. The predicted molar refractivity (Wildman–Crippen MR) is 121 cm³/mol. The van der Waals surface area contributed by atoms with Crippen LogP contribution in [-0.2, 0) is 0 Å². The highest BCUT2D eigenvalue weighted by Gasteiger charge is 2.35. The van der Waals surface area contributed by atoms with E-state index in [4.69, 9.17) is 15.9 Å². The van der Waals surface area contributed by atoms with E-state index < -0.39 is 5.54 Å². The van der Waals surface area contributed by atoms with Gasteiger partial charge in [0.05, 0.1) is 11.1 Å². The van der Waals surface area contributed by atoms with Crippen LogP contribution in [0, 0.1) is 5.41 Å². The lowest BCUT2D eigenvalue weighted by Gasteiger charge is -2.38. The van der Waals surface area contributed by atoms with Gasteiger partial charge >= 0.3 is 0 Å². The minimum atomic E-state index is -0.450. The van der Waals surface area contributed by atoms with Gasteiger partial charge in [0.2, 0.25) is 0 Å². The Labute approximate surface area is 178 Å². The molecule has 0 aliphatic heterocycles. The maximum Gasteiger partial charge on any atom is 0.252 e. The van der Waals surface area contributed by atoms with E-state index in [0.717, 1.165) is 37.9 Å². The number of pyridine rings is 1. The molecule has 160 valence electrons. The molecule has 7 nitrogen and oxygen atoms in total. The van der Waals surface area contributed by atoms with Crippen LogP contribution in [0.5, 0.6) is 5.75 Å². The minimum absolute atomic E-state index is 0.123. The monoisotopic (exact) mass is 409 g/mol. The second-order valence-electron chi connectivity index (χ2n) is 8.23. The first kappa shape index (κ1) is 21.6. The summed E-state index contributed by atoms with van der Waals surface area (Å²) in [6, 6.07) is 8.94. The van der Waals surface area contributed by atoms with Crippen molar-refractivity contribution >= 4 is 23.1 Å². The quantitative estimate of drug-likeness (QED) is 0.478. The second-order valence-corrected chi connectivity index (χ2v) is 8.23. The van der Waals surface area contributed by atoms with Gasteiger partial charge in [0.1, 0.15) is 18.2 Å². The Bertz CT molecular complexity index is 920. The molecule has 3 rings (SSSR count). The molecule has 1 aromatic heterocycles. The third-order valence-corrected chi connectivity index (χ3v) is 5.59. The van der Waals surface area contributed by atoms with Crippen molar-refractivity contribution in [3.63, 3.8) is 0 Å². The van der Waals surface area contributed by atoms with Gasteiger partial charge in [-0.1, -0.05) is 25.3 Å². The van der Waals surface area contributed by atoms with Gasteiger partial charge in [0.25, 0.3) is 5.91 Å². The van der Waals surface area contributed by atoms with Crippen molar-refractivity contribution in [2.75, 3.05) is 31.3 Å². The van der Waals surface area contributed by atoms with Crippen molar-refractivity contribution in [2.45, 2.75) is 44.6 Å². The minimum Gasteiger partial charge on any atom is -0.490 e. The first-order chi connectivity index (χ1) is 14.3. The average Bonchev–Trinajstić information content (AvgIpc) is 2.72. The smallest absolute Gasteiger partial charge is 0.252 e. The number of nitrogens with one attached hydrogen (secondary N) is 2. The van der Waals surface area contributed by atoms with E-state index in [1.165, 1.54) is 0 Å². The summed E-state index contributed by atoms with van der Waals surface area (Å²) in [7, 11) is 3.80. The molecule has 0 saturated heterocycles. The molecule has 2 aromatic rings. The summed E-state index contributed by atoms with van der Waals surface area (Å²) in [5, 5.41) is 11.3. The number of anilines is 2. The Morgan fingerprint density at radius 2 is 2.00 bits per heavy atom. The van der Waals surface area contributed by atoms with Crippen molar-refractivity contribution in [2.24, 2.45) is 0 Å². The lowest BCUT2D eigenvalue weighted by molar-refractivity contribution is 0.0789. The number of hydrogen-bond acceptors (Lipinski definition) is 6. The highest BCUT2D eigenvalue weighted by atomic mass is 16.5. The molecule has 0 radical (unpaired) electrons. The van der Waals surface area contributed by atoms with E-state index in [0.29, 0.717) is 34.9 Å². The maximum absolute atomic E-state index is 13.1. The number of nitrogens with two attached hydrogens (primary N) is 1. The van der Waals surface area contributed by atoms with Gasteiger partial charge in [0.15, 0.2) is 0 Å². The first-order valence-electron chi connectivity index (χ1n) is 10.3. The van der Waals surface area contributed by atoms with Crippen LogP contribution in [0.2, 0.25) is 0 Å². The Kier molecular flexibility index (Phi) is 6.59. The Morgan fingerprint density at radius 1 is 1.27 bits per heavy atom. The molecule has 0 atom stereocenters. The van der Waals surface area contributed by atoms with Gasteiger partial charge in [-0.25, -0.2) is 4.98 Å².